The molecule has 0 N–H and O–H groups in total. The van der Waals surface area contributed by atoms with E-state index >= 15 is 0 Å². The minimum Gasteiger partial charge on any atom is -0.497 e. The van der Waals surface area contributed by atoms with Crippen molar-refractivity contribution in [2.75, 3.05) is 7.11 Å². The van der Waals surface area contributed by atoms with E-state index in [1.807, 2.05) is 49.4 Å². The Morgan fingerprint density at radius 3 is 2.72 bits per heavy atom. The van der Waals surface area contributed by atoms with Crippen molar-refractivity contribution in [3.63, 3.8) is 0 Å². The number of ether oxygens (including phenoxy) is 1. The van der Waals surface area contributed by atoms with Gasteiger partial charge in [0.15, 0.2) is 5.58 Å². The van der Waals surface area contributed by atoms with Gasteiger partial charge >= 0.3 is 0 Å². The van der Waals surface area contributed by atoms with Gasteiger partial charge in [0.05, 0.1) is 7.11 Å². The number of oxazole rings is 1. The number of hydrogen-bond donors (Lipinski definition) is 0. The lowest BCUT2D eigenvalue weighted by Gasteiger charge is -2.00. The first-order chi connectivity index (χ1) is 8.78. The Morgan fingerprint density at radius 1 is 1.11 bits per heavy atom. The number of benzene rings is 2. The highest BCUT2D eigenvalue weighted by Crippen LogP contribution is 2.27. The van der Waals surface area contributed by atoms with Crippen molar-refractivity contribution in [3.8, 4) is 17.2 Å². The SMILES string of the molecule is COc1cccc(-c2nc3c(C)cccc3o2)c1. The standard InChI is InChI=1S/C15H13NO2/c1-10-5-3-8-13-14(10)16-15(18-13)11-6-4-7-12(9-11)17-2/h3-9H,1-2H3. The molecule has 0 aliphatic carbocycles. The van der Waals surface area contributed by atoms with Crippen LogP contribution in [0.1, 0.15) is 5.56 Å². The van der Waals surface area contributed by atoms with E-state index in [0.717, 1.165) is 28.0 Å². The zero-order chi connectivity index (χ0) is 12.5. The zero-order valence-corrected chi connectivity index (χ0v) is 10.3. The Labute approximate surface area is 105 Å². The number of aryl methyl sites for hydroxylation is 1. The van der Waals surface area contributed by atoms with Gasteiger partial charge in [0.1, 0.15) is 11.3 Å². The Kier molecular flexibility index (Phi) is 2.52. The van der Waals surface area contributed by atoms with Crippen molar-refractivity contribution < 1.29 is 9.15 Å². The summed E-state index contributed by atoms with van der Waals surface area (Å²) in [5.74, 6) is 1.42. The third-order valence-electron chi connectivity index (χ3n) is 2.94. The highest BCUT2D eigenvalue weighted by molar-refractivity contribution is 5.79. The van der Waals surface area contributed by atoms with Gasteiger partial charge in [-0.25, -0.2) is 4.98 Å². The molecule has 0 radical (unpaired) electrons. The first-order valence-corrected chi connectivity index (χ1v) is 5.78. The van der Waals surface area contributed by atoms with Crippen LogP contribution < -0.4 is 4.74 Å². The minimum absolute atomic E-state index is 0.623. The second kappa shape index (κ2) is 4.18. The average Bonchev–Trinajstić information content (AvgIpc) is 2.84. The number of nitrogens with zero attached hydrogens (tertiary/aromatic N) is 1. The molecule has 3 aromatic rings. The molecule has 0 unspecified atom stereocenters. The van der Waals surface area contributed by atoms with Gasteiger partial charge < -0.3 is 9.15 Å². The van der Waals surface area contributed by atoms with Crippen LogP contribution in [0.2, 0.25) is 0 Å². The molecule has 0 bridgehead atoms. The molecule has 0 aliphatic heterocycles. The molecule has 3 heteroatoms. The fraction of sp³-hybridized carbons (Fsp3) is 0.133. The number of rotatable bonds is 2. The molecule has 0 amide bonds. The van der Waals surface area contributed by atoms with Crippen LogP contribution in [0.4, 0.5) is 0 Å². The Morgan fingerprint density at radius 2 is 1.94 bits per heavy atom. The molecule has 0 saturated heterocycles. The largest absolute Gasteiger partial charge is 0.497 e. The van der Waals surface area contributed by atoms with Crippen molar-refractivity contribution >= 4 is 11.1 Å². The van der Waals surface area contributed by atoms with Gasteiger partial charge in [0, 0.05) is 5.56 Å². The number of aromatic nitrogens is 1. The van der Waals surface area contributed by atoms with E-state index in [9.17, 15) is 0 Å². The molecule has 2 aromatic carbocycles. The first kappa shape index (κ1) is 10.8. The molecule has 0 atom stereocenters. The van der Waals surface area contributed by atoms with Gasteiger partial charge in [-0.3, -0.25) is 0 Å². The molecule has 1 heterocycles. The highest BCUT2D eigenvalue weighted by Gasteiger charge is 2.09. The van der Waals surface area contributed by atoms with Crippen molar-refractivity contribution in [1.29, 1.82) is 0 Å². The van der Waals surface area contributed by atoms with Crippen LogP contribution >= 0.6 is 0 Å². The molecular formula is C15H13NO2. The van der Waals surface area contributed by atoms with Crippen LogP contribution in [0.25, 0.3) is 22.6 Å². The molecule has 3 nitrogen and oxygen atoms in total. The smallest absolute Gasteiger partial charge is 0.227 e. The normalized spacial score (nSPS) is 10.8. The molecule has 0 spiro atoms. The lowest BCUT2D eigenvalue weighted by molar-refractivity contribution is 0.415. The fourth-order valence-corrected chi connectivity index (χ4v) is 1.97. The van der Waals surface area contributed by atoms with Crippen molar-refractivity contribution in [3.05, 3.63) is 48.0 Å². The monoisotopic (exact) mass is 239 g/mol. The summed E-state index contributed by atoms with van der Waals surface area (Å²) in [4.78, 5) is 4.54. The summed E-state index contributed by atoms with van der Waals surface area (Å²) in [5.41, 5.74) is 3.76. The molecule has 18 heavy (non-hydrogen) atoms. The van der Waals surface area contributed by atoms with E-state index < -0.39 is 0 Å². The Hall–Kier alpha value is -2.29. The second-order valence-electron chi connectivity index (χ2n) is 4.17. The minimum atomic E-state index is 0.623. The summed E-state index contributed by atoms with van der Waals surface area (Å²) in [5, 5.41) is 0. The van der Waals surface area contributed by atoms with Gasteiger partial charge in [-0.1, -0.05) is 18.2 Å². The number of methoxy groups -OCH3 is 1. The summed E-state index contributed by atoms with van der Waals surface area (Å²) in [6, 6.07) is 13.6. The van der Waals surface area contributed by atoms with E-state index in [4.69, 9.17) is 9.15 Å². The maximum atomic E-state index is 5.77. The van der Waals surface area contributed by atoms with Crippen LogP contribution in [-0.2, 0) is 0 Å². The molecular weight excluding hydrogens is 226 g/mol. The summed E-state index contributed by atoms with van der Waals surface area (Å²) in [6.45, 7) is 2.03. The van der Waals surface area contributed by atoms with Crippen LogP contribution in [0.15, 0.2) is 46.9 Å². The number of hydrogen-bond acceptors (Lipinski definition) is 3. The summed E-state index contributed by atoms with van der Waals surface area (Å²) in [6.07, 6.45) is 0. The zero-order valence-electron chi connectivity index (χ0n) is 10.3. The number of fused-ring (bicyclic) bond motifs is 1. The molecule has 0 saturated carbocycles. The van der Waals surface area contributed by atoms with Crippen molar-refractivity contribution in [2.45, 2.75) is 6.92 Å². The fourth-order valence-electron chi connectivity index (χ4n) is 1.97. The average molecular weight is 239 g/mol. The molecule has 0 aliphatic rings. The highest BCUT2D eigenvalue weighted by atomic mass is 16.5. The van der Waals surface area contributed by atoms with E-state index in [2.05, 4.69) is 4.98 Å². The first-order valence-electron chi connectivity index (χ1n) is 5.78. The van der Waals surface area contributed by atoms with Crippen LogP contribution in [0.3, 0.4) is 0 Å². The predicted molar refractivity (Wildman–Crippen MR) is 70.7 cm³/mol. The third kappa shape index (κ3) is 1.74. The lowest BCUT2D eigenvalue weighted by atomic mass is 10.2. The number of para-hydroxylation sites is 1. The van der Waals surface area contributed by atoms with E-state index in [0.29, 0.717) is 5.89 Å². The topological polar surface area (TPSA) is 35.3 Å². The van der Waals surface area contributed by atoms with Gasteiger partial charge in [-0.05, 0) is 36.8 Å². The molecule has 1 aromatic heterocycles. The third-order valence-corrected chi connectivity index (χ3v) is 2.94. The molecule has 3 rings (SSSR count). The molecule has 90 valence electrons. The van der Waals surface area contributed by atoms with Crippen molar-refractivity contribution in [1.82, 2.24) is 4.98 Å². The van der Waals surface area contributed by atoms with Crippen molar-refractivity contribution in [2.24, 2.45) is 0 Å². The Bertz CT molecular complexity index is 701. The Balaban J connectivity index is 2.16. The van der Waals surface area contributed by atoms with Crippen LogP contribution in [0, 0.1) is 6.92 Å². The van der Waals surface area contributed by atoms with E-state index in [-0.39, 0.29) is 0 Å². The molecule has 0 fully saturated rings. The van der Waals surface area contributed by atoms with Gasteiger partial charge in [-0.15, -0.1) is 0 Å². The second-order valence-corrected chi connectivity index (χ2v) is 4.17. The quantitative estimate of drug-likeness (QED) is 0.682. The van der Waals surface area contributed by atoms with Gasteiger partial charge in [0.2, 0.25) is 5.89 Å². The lowest BCUT2D eigenvalue weighted by Crippen LogP contribution is -1.83. The maximum absolute atomic E-state index is 5.77. The van der Waals surface area contributed by atoms with Crippen LogP contribution in [0.5, 0.6) is 5.75 Å². The summed E-state index contributed by atoms with van der Waals surface area (Å²) < 4.78 is 11.0. The maximum Gasteiger partial charge on any atom is 0.227 e. The van der Waals surface area contributed by atoms with Crippen LogP contribution in [-0.4, -0.2) is 12.1 Å². The summed E-state index contributed by atoms with van der Waals surface area (Å²) in [7, 11) is 1.65. The van der Waals surface area contributed by atoms with Gasteiger partial charge in [-0.2, -0.15) is 0 Å². The van der Waals surface area contributed by atoms with Gasteiger partial charge in [0.25, 0.3) is 0 Å². The summed E-state index contributed by atoms with van der Waals surface area (Å²) >= 11 is 0. The van der Waals surface area contributed by atoms with E-state index in [1.165, 1.54) is 0 Å². The van der Waals surface area contributed by atoms with E-state index in [1.54, 1.807) is 7.11 Å². The predicted octanol–water partition coefficient (Wildman–Crippen LogP) is 3.81.